The van der Waals surface area contributed by atoms with Gasteiger partial charge >= 0.3 is 0 Å². The molecule has 1 fully saturated rings. The first-order chi connectivity index (χ1) is 9.05. The molecule has 4 heteroatoms. The minimum atomic E-state index is -0.242. The van der Waals surface area contributed by atoms with Crippen LogP contribution in [0.5, 0.6) is 0 Å². The number of aromatic nitrogens is 1. The Morgan fingerprint density at radius 2 is 2.26 bits per heavy atom. The summed E-state index contributed by atoms with van der Waals surface area (Å²) in [6, 6.07) is 5.20. The van der Waals surface area contributed by atoms with Gasteiger partial charge in [0.05, 0.1) is 0 Å². The third kappa shape index (κ3) is 1.79. The number of hydrogen-bond donors (Lipinski definition) is 1. The lowest BCUT2D eigenvalue weighted by Crippen LogP contribution is -2.25. The van der Waals surface area contributed by atoms with Gasteiger partial charge in [0.2, 0.25) is 0 Å². The maximum Gasteiger partial charge on any atom is 0.274 e. The van der Waals surface area contributed by atoms with Gasteiger partial charge in [-0.2, -0.15) is 0 Å². The number of amides is 1. The molecule has 1 N–H and O–H groups in total. The lowest BCUT2D eigenvalue weighted by atomic mass is 9.99. The average molecular weight is 256 g/mol. The van der Waals surface area contributed by atoms with Crippen molar-refractivity contribution in [2.45, 2.75) is 20.3 Å². The van der Waals surface area contributed by atoms with Gasteiger partial charge < -0.3 is 5.32 Å². The number of hydrogen-bond acceptors (Lipinski definition) is 3. The molecular weight excluding hydrogens is 240 g/mol. The summed E-state index contributed by atoms with van der Waals surface area (Å²) in [7, 11) is 0. The molecule has 2 atom stereocenters. The van der Waals surface area contributed by atoms with Crippen LogP contribution in [0.4, 0.5) is 0 Å². The van der Waals surface area contributed by atoms with Crippen molar-refractivity contribution in [1.29, 1.82) is 0 Å². The number of carbonyl (C=O) groups is 2. The van der Waals surface area contributed by atoms with Gasteiger partial charge in [-0.3, -0.25) is 14.6 Å². The number of pyridine rings is 1. The zero-order chi connectivity index (χ0) is 13.6. The molecule has 0 spiro atoms. The summed E-state index contributed by atoms with van der Waals surface area (Å²) in [5, 5.41) is 2.84. The minimum Gasteiger partial charge on any atom is -0.324 e. The van der Waals surface area contributed by atoms with E-state index in [0.717, 1.165) is 24.0 Å². The summed E-state index contributed by atoms with van der Waals surface area (Å²) in [6.45, 7) is 4.34. The second-order valence-corrected chi connectivity index (χ2v) is 5.83. The molecule has 1 aromatic rings. The molecule has 98 valence electrons. The summed E-state index contributed by atoms with van der Waals surface area (Å²) in [6.07, 6.45) is 3.26. The van der Waals surface area contributed by atoms with Gasteiger partial charge in [0.15, 0.2) is 0 Å². The van der Waals surface area contributed by atoms with Crippen LogP contribution >= 0.6 is 0 Å². The summed E-state index contributed by atoms with van der Waals surface area (Å²) >= 11 is 0. The molecule has 0 unspecified atom stereocenters. The molecule has 0 saturated heterocycles. The minimum absolute atomic E-state index is 0.204. The summed E-state index contributed by atoms with van der Waals surface area (Å²) < 4.78 is 0. The zero-order valence-electron chi connectivity index (χ0n) is 11.0. The van der Waals surface area contributed by atoms with Gasteiger partial charge in [0.1, 0.15) is 12.0 Å². The standard InChI is InChI=1S/C15H16N2O2/c1-15(2)10-7-12(9(8-18)13(10)15)17-14(19)11-5-3-4-6-16-11/h3-6,8,10,13H,7H2,1-2H3,(H,17,19)/t10-,13-/m0/s1. The Morgan fingerprint density at radius 1 is 1.47 bits per heavy atom. The average Bonchev–Trinajstić information content (AvgIpc) is 2.78. The Hall–Kier alpha value is -1.97. The monoisotopic (exact) mass is 256 g/mol. The van der Waals surface area contributed by atoms with Crippen molar-refractivity contribution in [3.63, 3.8) is 0 Å². The summed E-state index contributed by atoms with van der Waals surface area (Å²) in [4.78, 5) is 27.3. The van der Waals surface area contributed by atoms with Gasteiger partial charge in [-0.05, 0) is 35.8 Å². The highest BCUT2D eigenvalue weighted by Crippen LogP contribution is 2.67. The predicted molar refractivity (Wildman–Crippen MR) is 70.2 cm³/mol. The quantitative estimate of drug-likeness (QED) is 0.841. The Balaban J connectivity index is 1.80. The van der Waals surface area contributed by atoms with E-state index in [4.69, 9.17) is 0 Å². The van der Waals surface area contributed by atoms with E-state index in [1.54, 1.807) is 24.4 Å². The molecule has 0 aliphatic heterocycles. The number of allylic oxidation sites excluding steroid dienone is 2. The lowest BCUT2D eigenvalue weighted by molar-refractivity contribution is -0.105. The normalized spacial score (nSPS) is 26.8. The number of fused-ring (bicyclic) bond motifs is 1. The Kier molecular flexibility index (Phi) is 2.55. The largest absolute Gasteiger partial charge is 0.324 e. The fourth-order valence-electron chi connectivity index (χ4n) is 3.23. The van der Waals surface area contributed by atoms with E-state index in [1.165, 1.54) is 0 Å². The molecule has 0 bridgehead atoms. The van der Waals surface area contributed by atoms with E-state index < -0.39 is 0 Å². The van der Waals surface area contributed by atoms with Crippen LogP contribution in [0.25, 0.3) is 0 Å². The van der Waals surface area contributed by atoms with Crippen LogP contribution in [0.2, 0.25) is 0 Å². The van der Waals surface area contributed by atoms with Gasteiger partial charge in [-0.25, -0.2) is 0 Å². The highest BCUT2D eigenvalue weighted by atomic mass is 16.2. The molecule has 2 aliphatic rings. The van der Waals surface area contributed by atoms with Crippen LogP contribution in [0.15, 0.2) is 35.7 Å². The van der Waals surface area contributed by atoms with Crippen LogP contribution < -0.4 is 5.32 Å². The van der Waals surface area contributed by atoms with Gasteiger partial charge in [0.25, 0.3) is 5.91 Å². The van der Waals surface area contributed by atoms with Gasteiger partial charge in [0, 0.05) is 17.5 Å². The molecule has 0 aromatic carbocycles. The van der Waals surface area contributed by atoms with Crippen molar-refractivity contribution in [3.8, 4) is 0 Å². The first-order valence-electron chi connectivity index (χ1n) is 6.46. The van der Waals surface area contributed by atoms with E-state index >= 15 is 0 Å². The van der Waals surface area contributed by atoms with Crippen molar-refractivity contribution in [3.05, 3.63) is 41.4 Å². The fourth-order valence-corrected chi connectivity index (χ4v) is 3.23. The highest BCUT2D eigenvalue weighted by molar-refractivity contribution is 5.94. The van der Waals surface area contributed by atoms with Crippen molar-refractivity contribution in [2.75, 3.05) is 0 Å². The maximum atomic E-state index is 12.0. The molecule has 1 aromatic heterocycles. The molecule has 1 saturated carbocycles. The van der Waals surface area contributed by atoms with Crippen LogP contribution in [0.3, 0.4) is 0 Å². The van der Waals surface area contributed by atoms with E-state index in [1.807, 2.05) is 0 Å². The number of aldehydes is 1. The molecule has 1 heterocycles. The van der Waals surface area contributed by atoms with Crippen molar-refractivity contribution < 1.29 is 9.59 Å². The number of carbonyl (C=O) groups excluding carboxylic acids is 2. The van der Waals surface area contributed by atoms with E-state index in [2.05, 4.69) is 24.1 Å². The lowest BCUT2D eigenvalue weighted by Gasteiger charge is -2.13. The number of nitrogens with zero attached hydrogens (tertiary/aromatic N) is 1. The zero-order valence-corrected chi connectivity index (χ0v) is 11.0. The third-order valence-electron chi connectivity index (χ3n) is 4.45. The maximum absolute atomic E-state index is 12.0. The molecule has 1 amide bonds. The van der Waals surface area contributed by atoms with Crippen molar-refractivity contribution >= 4 is 12.2 Å². The third-order valence-corrected chi connectivity index (χ3v) is 4.45. The van der Waals surface area contributed by atoms with Crippen molar-refractivity contribution in [1.82, 2.24) is 10.3 Å². The van der Waals surface area contributed by atoms with Crippen LogP contribution in [-0.2, 0) is 4.79 Å². The predicted octanol–water partition coefficient (Wildman–Crippen LogP) is 1.94. The number of nitrogens with one attached hydrogen (secondary N) is 1. The van der Waals surface area contributed by atoms with Crippen LogP contribution in [0, 0.1) is 17.3 Å². The SMILES string of the molecule is CC1(C)[C@H]2CC(NC(=O)c3ccccn3)=C(C=O)[C@@H]21. The molecule has 2 aliphatic carbocycles. The second kappa shape index (κ2) is 4.02. The smallest absolute Gasteiger partial charge is 0.274 e. The first kappa shape index (κ1) is 12.1. The Bertz CT molecular complexity index is 575. The number of rotatable bonds is 3. The topological polar surface area (TPSA) is 59.1 Å². The van der Waals surface area contributed by atoms with E-state index in [0.29, 0.717) is 17.5 Å². The first-order valence-corrected chi connectivity index (χ1v) is 6.46. The van der Waals surface area contributed by atoms with Crippen molar-refractivity contribution in [2.24, 2.45) is 17.3 Å². The molecular formula is C15H16N2O2. The molecule has 3 rings (SSSR count). The molecule has 19 heavy (non-hydrogen) atoms. The highest BCUT2D eigenvalue weighted by Gasteiger charge is 2.63. The van der Waals surface area contributed by atoms with E-state index in [9.17, 15) is 9.59 Å². The fraction of sp³-hybridized carbons (Fsp3) is 0.400. The Morgan fingerprint density at radius 3 is 2.89 bits per heavy atom. The summed E-state index contributed by atoms with van der Waals surface area (Å²) in [5.41, 5.74) is 2.12. The summed E-state index contributed by atoms with van der Waals surface area (Å²) in [5.74, 6) is 0.560. The Labute approximate surface area is 111 Å². The molecule has 4 nitrogen and oxygen atoms in total. The molecule has 0 radical (unpaired) electrons. The van der Waals surface area contributed by atoms with Crippen LogP contribution in [0.1, 0.15) is 30.8 Å². The second-order valence-electron chi connectivity index (χ2n) is 5.83. The van der Waals surface area contributed by atoms with Gasteiger partial charge in [-0.1, -0.05) is 19.9 Å². The van der Waals surface area contributed by atoms with E-state index in [-0.39, 0.29) is 11.3 Å². The van der Waals surface area contributed by atoms with Crippen LogP contribution in [-0.4, -0.2) is 17.2 Å². The van der Waals surface area contributed by atoms with Gasteiger partial charge in [-0.15, -0.1) is 0 Å².